The molecule has 0 N–H and O–H groups in total. The van der Waals surface area contributed by atoms with Gasteiger partial charge in [-0.3, -0.25) is 0 Å². The summed E-state index contributed by atoms with van der Waals surface area (Å²) in [5.74, 6) is 0. The largest absolute Gasteiger partial charge is 0.192 e. The third-order valence-corrected chi connectivity index (χ3v) is 4.61. The quantitative estimate of drug-likeness (QED) is 0.422. The van der Waals surface area contributed by atoms with Gasteiger partial charge in [-0.15, -0.1) is 0 Å². The van der Waals surface area contributed by atoms with Crippen LogP contribution in [0.15, 0.2) is 72.8 Å². The fourth-order valence-electron chi connectivity index (χ4n) is 3.23. The lowest BCUT2D eigenvalue weighted by Gasteiger charge is -2.17. The molecule has 0 aliphatic rings. The third-order valence-electron chi connectivity index (χ3n) is 4.61. The molecule has 1 heteroatoms. The monoisotopic (exact) mass is 323 g/mol. The standard InChI is InChI=1S/C24H21N/c1-17-10-4-7-13-20(17)23(16-25)24(21-14-8-5-11-18(21)2)22-15-9-6-12-19(22)3/h4-15H,1-3H3. The summed E-state index contributed by atoms with van der Waals surface area (Å²) in [5, 5.41) is 10.1. The Morgan fingerprint density at radius 3 is 1.32 bits per heavy atom. The van der Waals surface area contributed by atoms with Crippen molar-refractivity contribution >= 4 is 11.1 Å². The zero-order valence-electron chi connectivity index (χ0n) is 14.9. The average molecular weight is 323 g/mol. The van der Waals surface area contributed by atoms with Gasteiger partial charge in [-0.05, 0) is 54.2 Å². The first-order valence-corrected chi connectivity index (χ1v) is 8.46. The van der Waals surface area contributed by atoms with Crippen molar-refractivity contribution in [2.75, 3.05) is 0 Å². The zero-order valence-corrected chi connectivity index (χ0v) is 14.9. The van der Waals surface area contributed by atoms with Crippen molar-refractivity contribution in [2.45, 2.75) is 20.8 Å². The van der Waals surface area contributed by atoms with Crippen LogP contribution in [0.5, 0.6) is 0 Å². The van der Waals surface area contributed by atoms with Gasteiger partial charge in [0.15, 0.2) is 0 Å². The molecule has 0 saturated heterocycles. The Balaban J connectivity index is 2.43. The molecule has 3 rings (SSSR count). The van der Waals surface area contributed by atoms with E-state index in [1.807, 2.05) is 42.5 Å². The first kappa shape index (κ1) is 16.7. The van der Waals surface area contributed by atoms with Gasteiger partial charge in [0, 0.05) is 5.57 Å². The highest BCUT2D eigenvalue weighted by Crippen LogP contribution is 2.36. The lowest BCUT2D eigenvalue weighted by Crippen LogP contribution is -1.99. The van der Waals surface area contributed by atoms with E-state index in [0.717, 1.165) is 33.4 Å². The first-order valence-electron chi connectivity index (χ1n) is 8.46. The molecule has 0 heterocycles. The molecule has 0 spiro atoms. The molecule has 0 atom stereocenters. The lowest BCUT2D eigenvalue weighted by atomic mass is 9.85. The van der Waals surface area contributed by atoms with Crippen LogP contribution in [0.1, 0.15) is 33.4 Å². The second kappa shape index (κ2) is 7.20. The summed E-state index contributed by atoms with van der Waals surface area (Å²) in [6.45, 7) is 6.25. The molecule has 0 radical (unpaired) electrons. The van der Waals surface area contributed by atoms with Gasteiger partial charge in [-0.25, -0.2) is 0 Å². The van der Waals surface area contributed by atoms with Crippen molar-refractivity contribution in [1.29, 1.82) is 5.26 Å². The van der Waals surface area contributed by atoms with Crippen LogP contribution in [-0.2, 0) is 0 Å². The zero-order chi connectivity index (χ0) is 17.8. The number of benzene rings is 3. The van der Waals surface area contributed by atoms with Crippen molar-refractivity contribution < 1.29 is 0 Å². The molecule has 0 aliphatic heterocycles. The molecule has 0 aliphatic carbocycles. The highest BCUT2D eigenvalue weighted by Gasteiger charge is 2.17. The van der Waals surface area contributed by atoms with E-state index < -0.39 is 0 Å². The van der Waals surface area contributed by atoms with Crippen LogP contribution in [0.3, 0.4) is 0 Å². The van der Waals surface area contributed by atoms with Gasteiger partial charge in [0.05, 0.1) is 5.57 Å². The summed E-state index contributed by atoms with van der Waals surface area (Å²) < 4.78 is 0. The fourth-order valence-corrected chi connectivity index (χ4v) is 3.23. The van der Waals surface area contributed by atoms with Crippen molar-refractivity contribution in [1.82, 2.24) is 0 Å². The number of hydrogen-bond acceptors (Lipinski definition) is 1. The van der Waals surface area contributed by atoms with Crippen molar-refractivity contribution in [3.05, 3.63) is 106 Å². The van der Waals surface area contributed by atoms with E-state index in [1.54, 1.807) is 0 Å². The van der Waals surface area contributed by atoms with Crippen LogP contribution in [0.4, 0.5) is 0 Å². The minimum Gasteiger partial charge on any atom is -0.192 e. The van der Waals surface area contributed by atoms with E-state index in [2.05, 4.69) is 57.2 Å². The second-order valence-electron chi connectivity index (χ2n) is 6.31. The Hall–Kier alpha value is -3.11. The van der Waals surface area contributed by atoms with E-state index in [4.69, 9.17) is 0 Å². The predicted octanol–water partition coefficient (Wildman–Crippen LogP) is 6.09. The maximum absolute atomic E-state index is 10.1. The Bertz CT molecular complexity index is 939. The summed E-state index contributed by atoms with van der Waals surface area (Å²) >= 11 is 0. The van der Waals surface area contributed by atoms with Crippen LogP contribution >= 0.6 is 0 Å². The minimum absolute atomic E-state index is 0.724. The molecule has 0 aromatic heterocycles. The summed E-state index contributed by atoms with van der Waals surface area (Å²) in [4.78, 5) is 0. The van der Waals surface area contributed by atoms with Crippen molar-refractivity contribution in [3.63, 3.8) is 0 Å². The van der Waals surface area contributed by atoms with E-state index >= 15 is 0 Å². The normalized spacial score (nSPS) is 10.2. The van der Waals surface area contributed by atoms with Gasteiger partial charge in [0.25, 0.3) is 0 Å². The summed E-state index contributed by atoms with van der Waals surface area (Å²) in [6, 6.07) is 27.1. The van der Waals surface area contributed by atoms with Crippen molar-refractivity contribution in [3.8, 4) is 6.07 Å². The molecular weight excluding hydrogens is 302 g/mol. The molecule has 122 valence electrons. The number of hydrogen-bond donors (Lipinski definition) is 0. The van der Waals surface area contributed by atoms with Crippen LogP contribution in [0.25, 0.3) is 11.1 Å². The van der Waals surface area contributed by atoms with Crippen LogP contribution in [0.2, 0.25) is 0 Å². The topological polar surface area (TPSA) is 23.8 Å². The van der Waals surface area contributed by atoms with Crippen molar-refractivity contribution in [2.24, 2.45) is 0 Å². The van der Waals surface area contributed by atoms with Gasteiger partial charge < -0.3 is 0 Å². The first-order chi connectivity index (χ1) is 12.1. The number of nitriles is 1. The molecule has 0 unspecified atom stereocenters. The highest BCUT2D eigenvalue weighted by atomic mass is 14.3. The van der Waals surface area contributed by atoms with Gasteiger partial charge in [-0.2, -0.15) is 5.26 Å². The van der Waals surface area contributed by atoms with Gasteiger partial charge in [0.2, 0.25) is 0 Å². The Morgan fingerprint density at radius 1 is 0.600 bits per heavy atom. The summed E-state index contributed by atoms with van der Waals surface area (Å²) in [7, 11) is 0. The molecule has 0 saturated carbocycles. The van der Waals surface area contributed by atoms with Gasteiger partial charge in [0.1, 0.15) is 6.07 Å². The maximum atomic E-state index is 10.1. The number of nitrogens with zero attached hydrogens (tertiary/aromatic N) is 1. The Kier molecular flexibility index (Phi) is 4.82. The van der Waals surface area contributed by atoms with E-state index in [-0.39, 0.29) is 0 Å². The Labute approximate surface area is 149 Å². The van der Waals surface area contributed by atoms with E-state index in [9.17, 15) is 5.26 Å². The molecule has 3 aromatic carbocycles. The minimum atomic E-state index is 0.724. The van der Waals surface area contributed by atoms with E-state index in [1.165, 1.54) is 11.1 Å². The molecular formula is C24H21N. The van der Waals surface area contributed by atoms with Crippen LogP contribution in [-0.4, -0.2) is 0 Å². The lowest BCUT2D eigenvalue weighted by molar-refractivity contribution is 1.36. The van der Waals surface area contributed by atoms with Crippen LogP contribution < -0.4 is 0 Å². The fraction of sp³-hybridized carbons (Fsp3) is 0.125. The average Bonchev–Trinajstić information content (AvgIpc) is 2.62. The highest BCUT2D eigenvalue weighted by molar-refractivity contribution is 6.05. The molecule has 3 aromatic rings. The van der Waals surface area contributed by atoms with Crippen LogP contribution in [0, 0.1) is 32.1 Å². The van der Waals surface area contributed by atoms with E-state index in [0.29, 0.717) is 0 Å². The number of aryl methyl sites for hydroxylation is 3. The summed E-state index contributed by atoms with van der Waals surface area (Å²) in [6.07, 6.45) is 0. The molecule has 1 nitrogen and oxygen atoms in total. The molecule has 0 bridgehead atoms. The number of allylic oxidation sites excluding steroid dienone is 1. The third kappa shape index (κ3) is 3.25. The second-order valence-corrected chi connectivity index (χ2v) is 6.31. The number of rotatable bonds is 3. The molecule has 0 amide bonds. The summed E-state index contributed by atoms with van der Waals surface area (Å²) in [5.41, 5.74) is 8.39. The SMILES string of the molecule is Cc1ccccc1C(C#N)=C(c1ccccc1C)c1ccccc1C. The molecule has 0 fully saturated rings. The van der Waals surface area contributed by atoms with Gasteiger partial charge >= 0.3 is 0 Å². The predicted molar refractivity (Wildman–Crippen MR) is 105 cm³/mol. The smallest absolute Gasteiger partial charge is 0.100 e. The molecule has 25 heavy (non-hydrogen) atoms. The van der Waals surface area contributed by atoms with Gasteiger partial charge in [-0.1, -0.05) is 72.8 Å². The Morgan fingerprint density at radius 2 is 0.960 bits per heavy atom. The maximum Gasteiger partial charge on any atom is 0.100 e.